The third-order valence-electron chi connectivity index (χ3n) is 11.8. The predicted molar refractivity (Wildman–Crippen MR) is 220 cm³/mol. The molecule has 4 aromatic carbocycles. The SMILES string of the molecule is CC1[C@@H](O[C@H]2C(COCc3ccccc3)O[C@H](OCCN(Cc3ccccc3)C(=O)OCc3ccccc3)C(C)[C@H]2C)OC(COCc2ccccc2)[C@@H](C)[C@@H]1C. The number of carbonyl (C=O) groups excluding carboxylic acids is 1. The number of carbonyl (C=O) groups is 1. The summed E-state index contributed by atoms with van der Waals surface area (Å²) in [6, 6.07) is 40.0. The highest BCUT2D eigenvalue weighted by molar-refractivity contribution is 5.67. The summed E-state index contributed by atoms with van der Waals surface area (Å²) in [6.07, 6.45) is -2.20. The molecule has 57 heavy (non-hydrogen) atoms. The van der Waals surface area contributed by atoms with Gasteiger partial charge in [0.15, 0.2) is 12.6 Å². The molecule has 2 fully saturated rings. The van der Waals surface area contributed by atoms with E-state index in [1.165, 1.54) is 0 Å². The van der Waals surface area contributed by atoms with Gasteiger partial charge < -0.3 is 38.1 Å². The summed E-state index contributed by atoms with van der Waals surface area (Å²) in [4.78, 5) is 15.1. The van der Waals surface area contributed by atoms with Crippen LogP contribution in [0.4, 0.5) is 4.79 Å². The van der Waals surface area contributed by atoms with E-state index in [1.54, 1.807) is 4.90 Å². The van der Waals surface area contributed by atoms with Crippen LogP contribution in [0.3, 0.4) is 0 Å². The van der Waals surface area contributed by atoms with Gasteiger partial charge in [-0.05, 0) is 40.0 Å². The van der Waals surface area contributed by atoms with E-state index in [0.29, 0.717) is 51.4 Å². The van der Waals surface area contributed by atoms with Gasteiger partial charge in [0, 0.05) is 24.9 Å². The lowest BCUT2D eigenvalue weighted by Gasteiger charge is -2.49. The molecule has 2 aliphatic heterocycles. The Balaban J connectivity index is 1.11. The van der Waals surface area contributed by atoms with E-state index >= 15 is 0 Å². The van der Waals surface area contributed by atoms with Crippen molar-refractivity contribution in [2.45, 2.75) is 91.9 Å². The minimum absolute atomic E-state index is 0.0202. The molecule has 0 saturated carbocycles. The summed E-state index contributed by atoms with van der Waals surface area (Å²) in [5.74, 6) is 0.838. The molecule has 9 nitrogen and oxygen atoms in total. The lowest BCUT2D eigenvalue weighted by molar-refractivity contribution is -0.330. The molecule has 2 heterocycles. The predicted octanol–water partition coefficient (Wildman–Crippen LogP) is 9.29. The lowest BCUT2D eigenvalue weighted by Crippen LogP contribution is -2.56. The van der Waals surface area contributed by atoms with E-state index in [1.807, 2.05) is 97.1 Å². The highest BCUT2D eigenvalue weighted by Gasteiger charge is 2.47. The van der Waals surface area contributed by atoms with E-state index in [-0.39, 0.29) is 43.2 Å². The molecule has 4 aromatic rings. The first-order chi connectivity index (χ1) is 27.8. The highest BCUT2D eigenvalue weighted by Crippen LogP contribution is 2.40. The quantitative estimate of drug-likeness (QED) is 0.0989. The van der Waals surface area contributed by atoms with E-state index in [2.05, 4.69) is 58.9 Å². The Morgan fingerprint density at radius 3 is 1.58 bits per heavy atom. The topological polar surface area (TPSA) is 84.9 Å². The maximum atomic E-state index is 13.4. The van der Waals surface area contributed by atoms with E-state index in [9.17, 15) is 4.79 Å². The molecule has 1 amide bonds. The van der Waals surface area contributed by atoms with Gasteiger partial charge in [-0.2, -0.15) is 0 Å². The molecule has 0 radical (unpaired) electrons. The fraction of sp³-hybridized carbons (Fsp3) is 0.479. The van der Waals surface area contributed by atoms with Gasteiger partial charge in [0.1, 0.15) is 12.7 Å². The Labute approximate surface area is 339 Å². The van der Waals surface area contributed by atoms with Crippen molar-refractivity contribution < 1.29 is 38.0 Å². The van der Waals surface area contributed by atoms with Crippen LogP contribution in [0, 0.1) is 29.6 Å². The van der Waals surface area contributed by atoms with Gasteiger partial charge in [0.2, 0.25) is 0 Å². The molecule has 9 heteroatoms. The molecule has 4 unspecified atom stereocenters. The molecule has 0 spiro atoms. The smallest absolute Gasteiger partial charge is 0.410 e. The molecule has 2 saturated heterocycles. The Kier molecular flexibility index (Phi) is 16.1. The zero-order valence-electron chi connectivity index (χ0n) is 34.2. The maximum Gasteiger partial charge on any atom is 0.410 e. The standard InChI is InChI=1S/C48H61NO8/c1-34-35(2)43(32-51-29-40-20-12-7-13-21-40)55-47(37(34)4)57-45-36(3)38(5)46(56-44(45)33-52-30-41-22-14-8-15-23-41)53-27-26-49(28-39-18-10-6-11-19-39)48(50)54-31-42-24-16-9-17-25-42/h6-25,34-38,43-47H,26-33H2,1-5H3/t34-,35-,36+,37?,38?,43?,44?,45+,46-,47+/m0/s1. The van der Waals surface area contributed by atoms with Crippen LogP contribution >= 0.6 is 0 Å². The molecule has 0 N–H and O–H groups in total. The second-order valence-corrected chi connectivity index (χ2v) is 15.8. The van der Waals surface area contributed by atoms with Crippen LogP contribution in [0.5, 0.6) is 0 Å². The van der Waals surface area contributed by atoms with Gasteiger partial charge in [-0.3, -0.25) is 0 Å². The average molecular weight is 780 g/mol. The number of hydrogen-bond acceptors (Lipinski definition) is 8. The summed E-state index contributed by atoms with van der Waals surface area (Å²) in [6.45, 7) is 14.1. The van der Waals surface area contributed by atoms with Crippen molar-refractivity contribution in [2.75, 3.05) is 26.4 Å². The van der Waals surface area contributed by atoms with Gasteiger partial charge in [0.25, 0.3) is 0 Å². The molecule has 6 rings (SSSR count). The molecule has 10 atom stereocenters. The zero-order valence-corrected chi connectivity index (χ0v) is 34.2. The Morgan fingerprint density at radius 2 is 1.02 bits per heavy atom. The normalized spacial score (nSPS) is 27.5. The van der Waals surface area contributed by atoms with Crippen LogP contribution in [0.25, 0.3) is 0 Å². The maximum absolute atomic E-state index is 13.4. The van der Waals surface area contributed by atoms with Crippen molar-refractivity contribution in [3.63, 3.8) is 0 Å². The molecule has 0 aliphatic carbocycles. The zero-order chi connectivity index (χ0) is 40.0. The lowest BCUT2D eigenvalue weighted by atomic mass is 9.78. The summed E-state index contributed by atoms with van der Waals surface area (Å²) >= 11 is 0. The van der Waals surface area contributed by atoms with Gasteiger partial charge in [-0.15, -0.1) is 0 Å². The second kappa shape index (κ2) is 21.6. The van der Waals surface area contributed by atoms with Crippen LogP contribution in [0.1, 0.15) is 56.9 Å². The van der Waals surface area contributed by atoms with Crippen LogP contribution in [0.15, 0.2) is 121 Å². The largest absolute Gasteiger partial charge is 0.445 e. The summed E-state index contributed by atoms with van der Waals surface area (Å²) in [5, 5.41) is 0. The number of benzene rings is 4. The fourth-order valence-corrected chi connectivity index (χ4v) is 7.65. The van der Waals surface area contributed by atoms with Crippen molar-refractivity contribution in [1.82, 2.24) is 4.90 Å². The van der Waals surface area contributed by atoms with Gasteiger partial charge >= 0.3 is 6.09 Å². The molecule has 0 aromatic heterocycles. The third-order valence-corrected chi connectivity index (χ3v) is 11.8. The summed E-state index contributed by atoms with van der Waals surface area (Å²) < 4.78 is 45.2. The van der Waals surface area contributed by atoms with Crippen LogP contribution < -0.4 is 0 Å². The van der Waals surface area contributed by atoms with Gasteiger partial charge in [0.05, 0.1) is 45.2 Å². The van der Waals surface area contributed by atoms with Crippen LogP contribution in [-0.2, 0) is 59.5 Å². The van der Waals surface area contributed by atoms with Crippen LogP contribution in [-0.4, -0.2) is 68.3 Å². The van der Waals surface area contributed by atoms with Gasteiger partial charge in [-0.1, -0.05) is 156 Å². The van der Waals surface area contributed by atoms with E-state index in [4.69, 9.17) is 33.2 Å². The first-order valence-electron chi connectivity index (χ1n) is 20.6. The summed E-state index contributed by atoms with van der Waals surface area (Å²) in [5.41, 5.74) is 4.16. The van der Waals surface area contributed by atoms with Crippen molar-refractivity contribution in [3.05, 3.63) is 144 Å². The molecular weight excluding hydrogens is 719 g/mol. The Morgan fingerprint density at radius 1 is 0.544 bits per heavy atom. The Hall–Kier alpha value is -4.09. The van der Waals surface area contributed by atoms with Crippen molar-refractivity contribution in [2.24, 2.45) is 29.6 Å². The number of hydrogen-bond donors (Lipinski definition) is 0. The van der Waals surface area contributed by atoms with Gasteiger partial charge in [-0.25, -0.2) is 4.79 Å². The summed E-state index contributed by atoms with van der Waals surface area (Å²) in [7, 11) is 0. The number of amides is 1. The number of rotatable bonds is 18. The monoisotopic (exact) mass is 779 g/mol. The Bertz CT molecular complexity index is 1730. The molecule has 306 valence electrons. The average Bonchev–Trinajstić information content (AvgIpc) is 3.24. The van der Waals surface area contributed by atoms with E-state index < -0.39 is 24.8 Å². The van der Waals surface area contributed by atoms with Crippen molar-refractivity contribution in [1.29, 1.82) is 0 Å². The molecule has 0 bridgehead atoms. The molecular formula is C48H61NO8. The first kappa shape index (κ1) is 42.5. The minimum atomic E-state index is -0.535. The van der Waals surface area contributed by atoms with Crippen LogP contribution in [0.2, 0.25) is 0 Å². The highest BCUT2D eigenvalue weighted by atomic mass is 16.7. The second-order valence-electron chi connectivity index (χ2n) is 15.8. The first-order valence-corrected chi connectivity index (χ1v) is 20.6. The third kappa shape index (κ3) is 12.2. The number of nitrogens with zero attached hydrogens (tertiary/aromatic N) is 1. The fourth-order valence-electron chi connectivity index (χ4n) is 7.65. The van der Waals surface area contributed by atoms with E-state index in [0.717, 1.165) is 22.3 Å². The van der Waals surface area contributed by atoms with Crippen molar-refractivity contribution in [3.8, 4) is 0 Å². The number of ether oxygens (including phenoxy) is 7. The minimum Gasteiger partial charge on any atom is -0.445 e. The molecule has 2 aliphatic rings. The van der Waals surface area contributed by atoms with Crippen molar-refractivity contribution >= 4 is 6.09 Å².